The summed E-state index contributed by atoms with van der Waals surface area (Å²) >= 11 is 0. The third-order valence-corrected chi connectivity index (χ3v) is 4.13. The van der Waals surface area contributed by atoms with E-state index in [2.05, 4.69) is 10.4 Å². The van der Waals surface area contributed by atoms with Gasteiger partial charge >= 0.3 is 0 Å². The van der Waals surface area contributed by atoms with E-state index in [1.54, 1.807) is 0 Å². The Balaban J connectivity index is 1.94. The van der Waals surface area contributed by atoms with E-state index < -0.39 is 0 Å². The molecule has 0 radical (unpaired) electrons. The average Bonchev–Trinajstić information content (AvgIpc) is 2.84. The van der Waals surface area contributed by atoms with Crippen molar-refractivity contribution in [3.05, 3.63) is 41.2 Å². The number of rotatable bonds is 3. The van der Waals surface area contributed by atoms with E-state index in [0.717, 1.165) is 33.5 Å². The van der Waals surface area contributed by atoms with Gasteiger partial charge in [-0.15, -0.1) is 0 Å². The first-order valence-corrected chi connectivity index (χ1v) is 8.31. The van der Waals surface area contributed by atoms with Gasteiger partial charge in [0.25, 0.3) is 0 Å². The molecule has 0 bridgehead atoms. The van der Waals surface area contributed by atoms with Crippen LogP contribution >= 0.6 is 0 Å². The standard InChI is InChI=1S/C19H24N4O/c1-12-14(10-11-17(24)21-19(3,4)5)13(2)23-18(20-12)15-8-6-7-9-16(15)22-23/h6-9H,10-11H2,1-5H3,(H,21,24). The zero-order chi connectivity index (χ0) is 17.5. The molecule has 0 unspecified atom stereocenters. The number of carbonyl (C=O) groups is 1. The number of benzene rings is 1. The predicted molar refractivity (Wildman–Crippen MR) is 96.2 cm³/mol. The van der Waals surface area contributed by atoms with Gasteiger partial charge in [-0.3, -0.25) is 4.79 Å². The summed E-state index contributed by atoms with van der Waals surface area (Å²) in [6.07, 6.45) is 1.12. The maximum absolute atomic E-state index is 12.1. The molecule has 5 heteroatoms. The van der Waals surface area contributed by atoms with E-state index in [0.29, 0.717) is 12.8 Å². The lowest BCUT2D eigenvalue weighted by molar-refractivity contribution is -0.122. The molecule has 24 heavy (non-hydrogen) atoms. The van der Waals surface area contributed by atoms with E-state index in [-0.39, 0.29) is 11.4 Å². The van der Waals surface area contributed by atoms with E-state index in [4.69, 9.17) is 4.98 Å². The number of carbonyl (C=O) groups excluding carboxylic acids is 1. The van der Waals surface area contributed by atoms with Gasteiger partial charge in [-0.1, -0.05) is 12.1 Å². The molecule has 0 spiro atoms. The van der Waals surface area contributed by atoms with E-state index in [1.807, 2.05) is 63.4 Å². The van der Waals surface area contributed by atoms with Gasteiger partial charge in [0, 0.05) is 28.7 Å². The van der Waals surface area contributed by atoms with E-state index in [1.165, 1.54) is 0 Å². The number of aryl methyl sites for hydroxylation is 2. The monoisotopic (exact) mass is 324 g/mol. The molecule has 1 aromatic carbocycles. The Morgan fingerprint density at radius 1 is 1.21 bits per heavy atom. The molecule has 2 aromatic heterocycles. The molecule has 0 aliphatic rings. The van der Waals surface area contributed by atoms with Crippen LogP contribution in [0.2, 0.25) is 0 Å². The van der Waals surface area contributed by atoms with Crippen LogP contribution in [0.4, 0.5) is 0 Å². The van der Waals surface area contributed by atoms with Crippen molar-refractivity contribution in [2.75, 3.05) is 0 Å². The summed E-state index contributed by atoms with van der Waals surface area (Å²) in [5.41, 5.74) is 4.73. The number of amides is 1. The van der Waals surface area contributed by atoms with Crippen molar-refractivity contribution >= 4 is 22.5 Å². The Morgan fingerprint density at radius 2 is 1.92 bits per heavy atom. The maximum Gasteiger partial charge on any atom is 0.220 e. The quantitative estimate of drug-likeness (QED) is 0.804. The molecule has 5 nitrogen and oxygen atoms in total. The molecule has 0 atom stereocenters. The van der Waals surface area contributed by atoms with Gasteiger partial charge in [0.15, 0.2) is 5.65 Å². The molecule has 0 aliphatic heterocycles. The van der Waals surface area contributed by atoms with Gasteiger partial charge in [-0.25, -0.2) is 9.50 Å². The van der Waals surface area contributed by atoms with Crippen LogP contribution in [0.25, 0.3) is 16.6 Å². The molecular formula is C19H24N4O. The van der Waals surface area contributed by atoms with Gasteiger partial charge in [0.05, 0.1) is 5.52 Å². The second kappa shape index (κ2) is 5.89. The summed E-state index contributed by atoms with van der Waals surface area (Å²) in [6.45, 7) is 10.0. The summed E-state index contributed by atoms with van der Waals surface area (Å²) in [5.74, 6) is 0.0621. The molecule has 3 rings (SSSR count). The van der Waals surface area contributed by atoms with Crippen molar-refractivity contribution in [2.45, 2.75) is 53.0 Å². The number of fused-ring (bicyclic) bond motifs is 3. The number of hydrogen-bond donors (Lipinski definition) is 1. The first-order chi connectivity index (χ1) is 11.3. The predicted octanol–water partition coefficient (Wildman–Crippen LogP) is 3.35. The van der Waals surface area contributed by atoms with Crippen LogP contribution in [0.3, 0.4) is 0 Å². The molecule has 0 fully saturated rings. The molecule has 0 aliphatic carbocycles. The van der Waals surface area contributed by atoms with Crippen molar-refractivity contribution in [2.24, 2.45) is 0 Å². The van der Waals surface area contributed by atoms with E-state index in [9.17, 15) is 4.79 Å². The molecule has 0 saturated heterocycles. The Bertz CT molecular complexity index is 918. The summed E-state index contributed by atoms with van der Waals surface area (Å²) in [5, 5.41) is 8.72. The minimum atomic E-state index is -0.205. The fraction of sp³-hybridized carbons (Fsp3) is 0.421. The summed E-state index contributed by atoms with van der Waals surface area (Å²) in [4.78, 5) is 16.9. The second-order valence-electron chi connectivity index (χ2n) is 7.31. The van der Waals surface area contributed by atoms with Crippen molar-refractivity contribution in [3.63, 3.8) is 0 Å². The second-order valence-corrected chi connectivity index (χ2v) is 7.31. The lowest BCUT2D eigenvalue weighted by Gasteiger charge is -2.20. The van der Waals surface area contributed by atoms with Gasteiger partial charge in [-0.2, -0.15) is 5.10 Å². The Kier molecular flexibility index (Phi) is 4.03. The minimum Gasteiger partial charge on any atom is -0.351 e. The number of nitrogens with one attached hydrogen (secondary N) is 1. The first kappa shape index (κ1) is 16.4. The largest absolute Gasteiger partial charge is 0.351 e. The summed E-state index contributed by atoms with van der Waals surface area (Å²) < 4.78 is 1.90. The number of aromatic nitrogens is 3. The zero-order valence-electron chi connectivity index (χ0n) is 15.0. The van der Waals surface area contributed by atoms with Crippen LogP contribution in [-0.4, -0.2) is 26.0 Å². The van der Waals surface area contributed by atoms with Gasteiger partial charge < -0.3 is 5.32 Å². The normalized spacial score (nSPS) is 12.0. The third kappa shape index (κ3) is 3.11. The highest BCUT2D eigenvalue weighted by Gasteiger charge is 2.17. The molecule has 0 saturated carbocycles. The number of hydrogen-bond acceptors (Lipinski definition) is 3. The molecule has 1 N–H and O–H groups in total. The summed E-state index contributed by atoms with van der Waals surface area (Å²) in [6, 6.07) is 8.02. The maximum atomic E-state index is 12.1. The Hall–Kier alpha value is -2.43. The highest BCUT2D eigenvalue weighted by molar-refractivity contribution is 5.92. The topological polar surface area (TPSA) is 59.3 Å². The highest BCUT2D eigenvalue weighted by atomic mass is 16.1. The van der Waals surface area contributed by atoms with Gasteiger partial charge in [0.2, 0.25) is 5.91 Å². The zero-order valence-corrected chi connectivity index (χ0v) is 15.0. The molecule has 126 valence electrons. The lowest BCUT2D eigenvalue weighted by atomic mass is 10.0. The van der Waals surface area contributed by atoms with Crippen LogP contribution in [0, 0.1) is 13.8 Å². The average molecular weight is 324 g/mol. The minimum absolute atomic E-state index is 0.0621. The van der Waals surface area contributed by atoms with Crippen molar-refractivity contribution in [3.8, 4) is 0 Å². The Morgan fingerprint density at radius 3 is 2.62 bits per heavy atom. The first-order valence-electron chi connectivity index (χ1n) is 8.31. The molecule has 2 heterocycles. The summed E-state index contributed by atoms with van der Waals surface area (Å²) in [7, 11) is 0. The molecule has 1 amide bonds. The van der Waals surface area contributed by atoms with Gasteiger partial charge in [-0.05, 0) is 58.7 Å². The van der Waals surface area contributed by atoms with E-state index >= 15 is 0 Å². The highest BCUT2D eigenvalue weighted by Crippen LogP contribution is 2.22. The lowest BCUT2D eigenvalue weighted by Crippen LogP contribution is -2.40. The van der Waals surface area contributed by atoms with Crippen LogP contribution < -0.4 is 5.32 Å². The van der Waals surface area contributed by atoms with Gasteiger partial charge in [0.1, 0.15) is 0 Å². The number of nitrogens with zero attached hydrogens (tertiary/aromatic N) is 3. The third-order valence-electron chi connectivity index (χ3n) is 4.13. The van der Waals surface area contributed by atoms with Crippen LogP contribution in [0.5, 0.6) is 0 Å². The molecular weight excluding hydrogens is 300 g/mol. The van der Waals surface area contributed by atoms with Crippen LogP contribution in [-0.2, 0) is 11.2 Å². The van der Waals surface area contributed by atoms with Crippen molar-refractivity contribution in [1.82, 2.24) is 19.9 Å². The van der Waals surface area contributed by atoms with Crippen LogP contribution in [0.1, 0.15) is 44.1 Å². The smallest absolute Gasteiger partial charge is 0.220 e. The van der Waals surface area contributed by atoms with Crippen LogP contribution in [0.15, 0.2) is 24.3 Å². The fourth-order valence-corrected chi connectivity index (χ4v) is 3.06. The van der Waals surface area contributed by atoms with Crippen molar-refractivity contribution in [1.29, 1.82) is 0 Å². The van der Waals surface area contributed by atoms with Crippen molar-refractivity contribution < 1.29 is 4.79 Å². The molecule has 3 aromatic rings. The fourth-order valence-electron chi connectivity index (χ4n) is 3.06. The Labute approximate surface area is 142 Å². The SMILES string of the molecule is Cc1nc2c3ccccc3nn2c(C)c1CCC(=O)NC(C)(C)C.